The van der Waals surface area contributed by atoms with Crippen molar-refractivity contribution in [3.63, 3.8) is 0 Å². The number of hydrogen-bond donors (Lipinski definition) is 0. The van der Waals surface area contributed by atoms with E-state index in [4.69, 9.17) is 4.74 Å². The van der Waals surface area contributed by atoms with Gasteiger partial charge in [0.25, 0.3) is 0 Å². The Balaban J connectivity index is 1.89. The van der Waals surface area contributed by atoms with Crippen molar-refractivity contribution >= 4 is 33.9 Å². The van der Waals surface area contributed by atoms with Crippen LogP contribution in [0.2, 0.25) is 0 Å². The first kappa shape index (κ1) is 9.89. The molecule has 72 valence electrons. The monoisotopic (exact) mass is 309 g/mol. The Hall–Kier alpha value is 0.350. The minimum Gasteiger partial charge on any atom is -0.379 e. The van der Waals surface area contributed by atoms with Crippen LogP contribution in [0, 0.1) is 2.88 Å². The molecule has 0 radical (unpaired) electrons. The minimum atomic E-state index is 0.891. The second-order valence-electron chi connectivity index (χ2n) is 3.09. The van der Waals surface area contributed by atoms with Crippen LogP contribution in [0.15, 0.2) is 12.1 Å². The van der Waals surface area contributed by atoms with Gasteiger partial charge in [0.15, 0.2) is 0 Å². The number of hydrogen-bond acceptors (Lipinski definition) is 3. The molecule has 0 spiro atoms. The van der Waals surface area contributed by atoms with Gasteiger partial charge in [0.1, 0.15) is 0 Å². The van der Waals surface area contributed by atoms with E-state index in [1.165, 1.54) is 7.76 Å². The van der Waals surface area contributed by atoms with Crippen molar-refractivity contribution in [3.8, 4) is 0 Å². The van der Waals surface area contributed by atoms with Gasteiger partial charge in [-0.3, -0.25) is 4.90 Å². The van der Waals surface area contributed by atoms with Gasteiger partial charge in [-0.25, -0.2) is 0 Å². The van der Waals surface area contributed by atoms with E-state index in [2.05, 4.69) is 39.6 Å². The second-order valence-corrected chi connectivity index (χ2v) is 6.16. The van der Waals surface area contributed by atoms with Crippen LogP contribution in [0.3, 0.4) is 0 Å². The van der Waals surface area contributed by atoms with Crippen LogP contribution in [0.5, 0.6) is 0 Å². The van der Waals surface area contributed by atoms with E-state index >= 15 is 0 Å². The van der Waals surface area contributed by atoms with Crippen LogP contribution in [-0.4, -0.2) is 31.2 Å². The number of thiophene rings is 1. The van der Waals surface area contributed by atoms with Gasteiger partial charge in [-0.1, -0.05) is 0 Å². The molecule has 1 aliphatic heterocycles. The summed E-state index contributed by atoms with van der Waals surface area (Å²) in [5.74, 6) is 0. The highest BCUT2D eigenvalue weighted by molar-refractivity contribution is 14.1. The summed E-state index contributed by atoms with van der Waals surface area (Å²) < 4.78 is 6.68. The lowest BCUT2D eigenvalue weighted by Gasteiger charge is -2.25. The zero-order chi connectivity index (χ0) is 9.10. The molecule has 2 heterocycles. The summed E-state index contributed by atoms with van der Waals surface area (Å²) in [6.45, 7) is 5.03. The molecule has 4 heteroatoms. The van der Waals surface area contributed by atoms with Crippen LogP contribution in [-0.2, 0) is 11.3 Å². The molecular formula is C9H12INOS. The third-order valence-electron chi connectivity index (χ3n) is 2.11. The Morgan fingerprint density at radius 3 is 2.77 bits per heavy atom. The summed E-state index contributed by atoms with van der Waals surface area (Å²) >= 11 is 4.26. The van der Waals surface area contributed by atoms with Crippen LogP contribution < -0.4 is 0 Å². The molecule has 2 rings (SSSR count). The Labute approximate surface area is 96.0 Å². The Morgan fingerprint density at radius 2 is 2.15 bits per heavy atom. The van der Waals surface area contributed by atoms with Gasteiger partial charge in [-0.15, -0.1) is 11.3 Å². The number of halogens is 1. The summed E-state index contributed by atoms with van der Waals surface area (Å²) in [4.78, 5) is 3.91. The van der Waals surface area contributed by atoms with E-state index in [0.29, 0.717) is 0 Å². The Bertz CT molecular complexity index is 270. The van der Waals surface area contributed by atoms with Gasteiger partial charge < -0.3 is 4.74 Å². The lowest BCUT2D eigenvalue weighted by molar-refractivity contribution is 0.0346. The fraction of sp³-hybridized carbons (Fsp3) is 0.556. The van der Waals surface area contributed by atoms with Crippen LogP contribution in [0.1, 0.15) is 4.88 Å². The zero-order valence-corrected chi connectivity index (χ0v) is 10.3. The molecule has 0 saturated carbocycles. The average Bonchev–Trinajstić information content (AvgIpc) is 2.53. The number of nitrogens with zero attached hydrogens (tertiary/aromatic N) is 1. The summed E-state index contributed by atoms with van der Waals surface area (Å²) in [5.41, 5.74) is 0. The predicted octanol–water partition coefficient (Wildman–Crippen LogP) is 2.18. The maximum absolute atomic E-state index is 5.30. The molecule has 0 amide bonds. The zero-order valence-electron chi connectivity index (χ0n) is 7.33. The summed E-state index contributed by atoms with van der Waals surface area (Å²) in [5, 5.41) is 0. The third kappa shape index (κ3) is 2.90. The van der Waals surface area contributed by atoms with Gasteiger partial charge in [-0.05, 0) is 34.7 Å². The van der Waals surface area contributed by atoms with E-state index in [9.17, 15) is 0 Å². The summed E-state index contributed by atoms with van der Waals surface area (Å²) in [7, 11) is 0. The molecule has 0 bridgehead atoms. The first-order valence-corrected chi connectivity index (χ1v) is 6.28. The van der Waals surface area contributed by atoms with Crippen LogP contribution in [0.25, 0.3) is 0 Å². The van der Waals surface area contributed by atoms with Crippen molar-refractivity contribution in [1.82, 2.24) is 4.90 Å². The molecule has 1 aliphatic rings. The molecule has 13 heavy (non-hydrogen) atoms. The van der Waals surface area contributed by atoms with Crippen molar-refractivity contribution in [3.05, 3.63) is 19.9 Å². The first-order valence-electron chi connectivity index (χ1n) is 4.39. The lowest BCUT2D eigenvalue weighted by atomic mass is 10.4. The number of ether oxygens (including phenoxy) is 1. The van der Waals surface area contributed by atoms with Crippen molar-refractivity contribution in [2.24, 2.45) is 0 Å². The molecule has 0 aromatic carbocycles. The van der Waals surface area contributed by atoms with Gasteiger partial charge in [0.2, 0.25) is 0 Å². The SMILES string of the molecule is Ic1ccc(CN2CCOCC2)s1. The Morgan fingerprint density at radius 1 is 1.38 bits per heavy atom. The highest BCUT2D eigenvalue weighted by Gasteiger charge is 2.11. The van der Waals surface area contributed by atoms with E-state index in [0.717, 1.165) is 32.8 Å². The predicted molar refractivity (Wildman–Crippen MR) is 63.1 cm³/mol. The standard InChI is InChI=1S/C9H12INOS/c10-9-2-1-8(13-9)7-11-3-5-12-6-4-11/h1-2H,3-7H2. The molecule has 1 aromatic heterocycles. The van der Waals surface area contributed by atoms with Gasteiger partial charge in [-0.2, -0.15) is 0 Å². The highest BCUT2D eigenvalue weighted by Crippen LogP contribution is 2.19. The molecular weight excluding hydrogens is 297 g/mol. The molecule has 2 nitrogen and oxygen atoms in total. The van der Waals surface area contributed by atoms with Gasteiger partial charge >= 0.3 is 0 Å². The van der Waals surface area contributed by atoms with Crippen molar-refractivity contribution < 1.29 is 4.74 Å². The smallest absolute Gasteiger partial charge is 0.0656 e. The largest absolute Gasteiger partial charge is 0.379 e. The van der Waals surface area contributed by atoms with Crippen LogP contribution >= 0.6 is 33.9 Å². The molecule has 0 aliphatic carbocycles. The average molecular weight is 309 g/mol. The maximum atomic E-state index is 5.30. The van der Waals surface area contributed by atoms with Gasteiger partial charge in [0, 0.05) is 24.5 Å². The molecule has 0 unspecified atom stereocenters. The fourth-order valence-corrected chi connectivity index (χ4v) is 3.21. The quantitative estimate of drug-likeness (QED) is 0.777. The summed E-state index contributed by atoms with van der Waals surface area (Å²) in [6.07, 6.45) is 0. The third-order valence-corrected chi connectivity index (χ3v) is 3.99. The molecule has 1 saturated heterocycles. The topological polar surface area (TPSA) is 12.5 Å². The Kier molecular flexibility index (Phi) is 3.59. The fourth-order valence-electron chi connectivity index (χ4n) is 1.42. The van der Waals surface area contributed by atoms with E-state index in [1.807, 2.05) is 11.3 Å². The molecule has 1 aromatic rings. The van der Waals surface area contributed by atoms with Crippen LogP contribution in [0.4, 0.5) is 0 Å². The number of rotatable bonds is 2. The molecule has 0 atom stereocenters. The van der Waals surface area contributed by atoms with Crippen molar-refractivity contribution in [2.75, 3.05) is 26.3 Å². The first-order chi connectivity index (χ1) is 6.34. The van der Waals surface area contributed by atoms with Gasteiger partial charge in [0.05, 0.1) is 16.1 Å². The molecule has 0 N–H and O–H groups in total. The lowest BCUT2D eigenvalue weighted by Crippen LogP contribution is -2.35. The van der Waals surface area contributed by atoms with E-state index < -0.39 is 0 Å². The van der Waals surface area contributed by atoms with Crippen molar-refractivity contribution in [2.45, 2.75) is 6.54 Å². The minimum absolute atomic E-state index is 0.891. The maximum Gasteiger partial charge on any atom is 0.0656 e. The summed E-state index contributed by atoms with van der Waals surface area (Å²) in [6, 6.07) is 4.41. The number of morpholine rings is 1. The second kappa shape index (κ2) is 4.72. The van der Waals surface area contributed by atoms with Crippen molar-refractivity contribution in [1.29, 1.82) is 0 Å². The highest BCUT2D eigenvalue weighted by atomic mass is 127. The normalized spacial score (nSPS) is 19.2. The molecule has 1 fully saturated rings. The van der Waals surface area contributed by atoms with E-state index in [1.54, 1.807) is 0 Å². The van der Waals surface area contributed by atoms with E-state index in [-0.39, 0.29) is 0 Å².